The van der Waals surface area contributed by atoms with Gasteiger partial charge in [-0.2, -0.15) is 0 Å². The van der Waals surface area contributed by atoms with Gasteiger partial charge in [0.1, 0.15) is 0 Å². The molecule has 1 atom stereocenters. The van der Waals surface area contributed by atoms with Crippen LogP contribution in [0, 0.1) is 5.92 Å². The van der Waals surface area contributed by atoms with Crippen molar-refractivity contribution < 1.29 is 0 Å². The molecule has 0 saturated heterocycles. The Morgan fingerprint density at radius 1 is 1.00 bits per heavy atom. The average molecular weight is 152 g/mol. The summed E-state index contributed by atoms with van der Waals surface area (Å²) in [5.41, 5.74) is 0. The Morgan fingerprint density at radius 3 is 2.64 bits per heavy atom. The molecule has 0 aromatic rings. The van der Waals surface area contributed by atoms with E-state index in [1.54, 1.807) is 0 Å². The third-order valence-corrected chi connectivity index (χ3v) is 2.49. The predicted octanol–water partition coefficient (Wildman–Crippen LogP) is 3.92. The van der Waals surface area contributed by atoms with Gasteiger partial charge in [-0.15, -0.1) is 0 Å². The largest absolute Gasteiger partial charge is 0.0883 e. The Labute approximate surface area is 70.7 Å². The lowest BCUT2D eigenvalue weighted by Gasteiger charge is -2.07. The van der Waals surface area contributed by atoms with E-state index in [0.717, 1.165) is 5.92 Å². The van der Waals surface area contributed by atoms with Gasteiger partial charge in [0, 0.05) is 0 Å². The lowest BCUT2D eigenvalue weighted by atomic mass is 9.99. The van der Waals surface area contributed by atoms with E-state index in [-0.39, 0.29) is 0 Å². The van der Waals surface area contributed by atoms with E-state index < -0.39 is 0 Å². The van der Waals surface area contributed by atoms with Crippen molar-refractivity contribution in [1.82, 2.24) is 0 Å². The highest BCUT2D eigenvalue weighted by Gasteiger charge is 1.98. The molecule has 0 amide bonds. The lowest BCUT2D eigenvalue weighted by Crippen LogP contribution is -1.91. The van der Waals surface area contributed by atoms with E-state index in [4.69, 9.17) is 0 Å². The molecule has 0 saturated carbocycles. The summed E-state index contributed by atoms with van der Waals surface area (Å²) in [6, 6.07) is 0. The number of rotatable bonds is 0. The lowest BCUT2D eigenvalue weighted by molar-refractivity contribution is 0.536. The summed E-state index contributed by atoms with van der Waals surface area (Å²) in [7, 11) is 0. The van der Waals surface area contributed by atoms with Crippen LogP contribution < -0.4 is 0 Å². The molecule has 0 heterocycles. The maximum atomic E-state index is 2.39. The van der Waals surface area contributed by atoms with Crippen molar-refractivity contribution in [3.63, 3.8) is 0 Å². The van der Waals surface area contributed by atoms with E-state index in [1.807, 2.05) is 0 Å². The molecule has 0 heteroatoms. The van der Waals surface area contributed by atoms with Crippen LogP contribution in [0.3, 0.4) is 0 Å². The minimum atomic E-state index is 0.827. The van der Waals surface area contributed by atoms with E-state index in [0.29, 0.717) is 0 Å². The molecular formula is C11H20. The summed E-state index contributed by atoms with van der Waals surface area (Å²) in [5, 5.41) is 0. The van der Waals surface area contributed by atoms with E-state index in [9.17, 15) is 0 Å². The van der Waals surface area contributed by atoms with Gasteiger partial charge in [-0.1, -0.05) is 44.8 Å². The van der Waals surface area contributed by atoms with Gasteiger partial charge in [-0.05, 0) is 25.2 Å². The minimum absolute atomic E-state index is 0.827. The van der Waals surface area contributed by atoms with Crippen LogP contribution in [0.1, 0.15) is 51.9 Å². The summed E-state index contributed by atoms with van der Waals surface area (Å²) in [6.45, 7) is 2.33. The second-order valence-electron chi connectivity index (χ2n) is 3.75. The first-order chi connectivity index (χ1) is 5.39. The van der Waals surface area contributed by atoms with Crippen molar-refractivity contribution in [2.75, 3.05) is 0 Å². The fraction of sp³-hybridized carbons (Fsp3) is 0.818. The molecule has 11 heavy (non-hydrogen) atoms. The molecule has 0 spiro atoms. The van der Waals surface area contributed by atoms with Crippen LogP contribution in [0.15, 0.2) is 12.2 Å². The standard InChI is InChI=1S/C11H20/c1-11-9-7-5-3-2-4-6-8-10-11/h7,9,11H,2-6,8,10H2,1H3. The first-order valence-electron chi connectivity index (χ1n) is 5.06. The number of allylic oxidation sites excluding steroid dienone is 2. The Hall–Kier alpha value is -0.260. The Kier molecular flexibility index (Phi) is 4.33. The first-order valence-corrected chi connectivity index (χ1v) is 5.06. The zero-order valence-corrected chi connectivity index (χ0v) is 7.68. The second kappa shape index (κ2) is 5.40. The Balaban J connectivity index is 2.26. The first kappa shape index (κ1) is 8.83. The molecule has 0 aromatic carbocycles. The summed E-state index contributed by atoms with van der Waals surface area (Å²) in [6.07, 6.45) is 14.7. The van der Waals surface area contributed by atoms with Crippen molar-refractivity contribution in [3.05, 3.63) is 12.2 Å². The summed E-state index contributed by atoms with van der Waals surface area (Å²) in [5.74, 6) is 0.827. The SMILES string of the molecule is CC1C=CCCCCCCC1. The van der Waals surface area contributed by atoms with Gasteiger partial charge in [0.15, 0.2) is 0 Å². The van der Waals surface area contributed by atoms with Gasteiger partial charge < -0.3 is 0 Å². The van der Waals surface area contributed by atoms with Crippen LogP contribution >= 0.6 is 0 Å². The Morgan fingerprint density at radius 2 is 1.73 bits per heavy atom. The van der Waals surface area contributed by atoms with Crippen LogP contribution in [0.5, 0.6) is 0 Å². The van der Waals surface area contributed by atoms with Crippen molar-refractivity contribution in [3.8, 4) is 0 Å². The van der Waals surface area contributed by atoms with Gasteiger partial charge >= 0.3 is 0 Å². The zero-order chi connectivity index (χ0) is 7.94. The number of hydrogen-bond donors (Lipinski definition) is 0. The maximum absolute atomic E-state index is 2.39. The van der Waals surface area contributed by atoms with Crippen LogP contribution in [0.25, 0.3) is 0 Å². The summed E-state index contributed by atoms with van der Waals surface area (Å²) < 4.78 is 0. The maximum Gasteiger partial charge on any atom is -0.0262 e. The molecule has 0 bridgehead atoms. The third kappa shape index (κ3) is 4.23. The van der Waals surface area contributed by atoms with Gasteiger partial charge in [-0.25, -0.2) is 0 Å². The van der Waals surface area contributed by atoms with Crippen molar-refractivity contribution >= 4 is 0 Å². The van der Waals surface area contributed by atoms with Crippen LogP contribution in [0.4, 0.5) is 0 Å². The highest BCUT2D eigenvalue weighted by atomic mass is 14.0. The van der Waals surface area contributed by atoms with Crippen molar-refractivity contribution in [1.29, 1.82) is 0 Å². The molecular weight excluding hydrogens is 132 g/mol. The molecule has 0 aromatic heterocycles. The predicted molar refractivity (Wildman–Crippen MR) is 50.6 cm³/mol. The molecule has 1 unspecified atom stereocenters. The highest BCUT2D eigenvalue weighted by molar-refractivity contribution is 4.86. The van der Waals surface area contributed by atoms with Gasteiger partial charge in [0.25, 0.3) is 0 Å². The Bertz CT molecular complexity index is 113. The molecule has 0 aliphatic heterocycles. The fourth-order valence-corrected chi connectivity index (χ4v) is 1.68. The molecule has 1 aliphatic carbocycles. The van der Waals surface area contributed by atoms with E-state index in [2.05, 4.69) is 19.1 Å². The van der Waals surface area contributed by atoms with E-state index >= 15 is 0 Å². The molecule has 0 N–H and O–H groups in total. The highest BCUT2D eigenvalue weighted by Crippen LogP contribution is 2.15. The van der Waals surface area contributed by atoms with Crippen molar-refractivity contribution in [2.45, 2.75) is 51.9 Å². The van der Waals surface area contributed by atoms with Gasteiger partial charge in [0.2, 0.25) is 0 Å². The van der Waals surface area contributed by atoms with Crippen LogP contribution in [-0.4, -0.2) is 0 Å². The molecule has 64 valence electrons. The molecule has 0 fully saturated rings. The fourth-order valence-electron chi connectivity index (χ4n) is 1.68. The van der Waals surface area contributed by atoms with Crippen LogP contribution in [-0.2, 0) is 0 Å². The molecule has 0 radical (unpaired) electrons. The average Bonchev–Trinajstić information content (AvgIpc) is 2.03. The topological polar surface area (TPSA) is 0 Å². The van der Waals surface area contributed by atoms with Gasteiger partial charge in [-0.3, -0.25) is 0 Å². The van der Waals surface area contributed by atoms with Crippen molar-refractivity contribution in [2.24, 2.45) is 5.92 Å². The molecule has 0 nitrogen and oxygen atoms in total. The monoisotopic (exact) mass is 152 g/mol. The van der Waals surface area contributed by atoms with Gasteiger partial charge in [0.05, 0.1) is 0 Å². The normalized spacial score (nSPS) is 28.3. The smallest absolute Gasteiger partial charge is 0.0262 e. The third-order valence-electron chi connectivity index (χ3n) is 2.49. The zero-order valence-electron chi connectivity index (χ0n) is 7.68. The second-order valence-corrected chi connectivity index (χ2v) is 3.75. The number of hydrogen-bond acceptors (Lipinski definition) is 0. The molecule has 1 aliphatic rings. The molecule has 1 rings (SSSR count). The summed E-state index contributed by atoms with van der Waals surface area (Å²) in [4.78, 5) is 0. The summed E-state index contributed by atoms with van der Waals surface area (Å²) >= 11 is 0. The quantitative estimate of drug-likeness (QED) is 0.461. The van der Waals surface area contributed by atoms with E-state index in [1.165, 1.54) is 44.9 Å². The van der Waals surface area contributed by atoms with Crippen LogP contribution in [0.2, 0.25) is 0 Å². The minimum Gasteiger partial charge on any atom is -0.0883 e.